The molecule has 0 heterocycles. The number of ether oxygens (including phenoxy) is 1. The van der Waals surface area contributed by atoms with Crippen LogP contribution in [0.5, 0.6) is 5.75 Å². The Morgan fingerprint density at radius 2 is 1.90 bits per heavy atom. The second kappa shape index (κ2) is 10.2. The fraction of sp³-hybridized carbons (Fsp3) is 0.286. The van der Waals surface area contributed by atoms with Gasteiger partial charge in [0, 0.05) is 18.7 Å². The predicted octanol–water partition coefficient (Wildman–Crippen LogP) is 2.19. The van der Waals surface area contributed by atoms with Gasteiger partial charge in [0.05, 0.1) is 18.0 Å². The maximum Gasteiger partial charge on any atom is 0.251 e. The molecular formula is C21H27N3O4S. The average molecular weight is 418 g/mol. The molecule has 8 heteroatoms. The third kappa shape index (κ3) is 6.15. The van der Waals surface area contributed by atoms with E-state index in [2.05, 4.69) is 16.6 Å². The molecule has 156 valence electrons. The van der Waals surface area contributed by atoms with Crippen molar-refractivity contribution in [3.63, 3.8) is 0 Å². The van der Waals surface area contributed by atoms with E-state index in [-0.39, 0.29) is 23.4 Å². The molecule has 1 amide bonds. The number of carbonyl (C=O) groups is 1. The monoisotopic (exact) mass is 417 g/mol. The summed E-state index contributed by atoms with van der Waals surface area (Å²) in [4.78, 5) is 14.6. The highest BCUT2D eigenvalue weighted by molar-refractivity contribution is 7.89. The van der Waals surface area contributed by atoms with Gasteiger partial charge in [-0.05, 0) is 56.1 Å². The maximum atomic E-state index is 12.5. The number of rotatable bonds is 10. The maximum absolute atomic E-state index is 12.5. The molecule has 0 radical (unpaired) electrons. The van der Waals surface area contributed by atoms with E-state index in [0.717, 1.165) is 11.3 Å². The summed E-state index contributed by atoms with van der Waals surface area (Å²) in [6.45, 7) is 4.01. The molecule has 1 atom stereocenters. The Morgan fingerprint density at radius 1 is 1.21 bits per heavy atom. The molecule has 0 aromatic heterocycles. The molecule has 0 saturated carbocycles. The molecule has 0 saturated heterocycles. The van der Waals surface area contributed by atoms with Gasteiger partial charge >= 0.3 is 0 Å². The topological polar surface area (TPSA) is 87.7 Å². The van der Waals surface area contributed by atoms with E-state index in [1.807, 2.05) is 43.3 Å². The molecule has 2 N–H and O–H groups in total. The van der Waals surface area contributed by atoms with Gasteiger partial charge in [-0.3, -0.25) is 4.79 Å². The van der Waals surface area contributed by atoms with Crippen LogP contribution in [-0.4, -0.2) is 53.5 Å². The fourth-order valence-corrected chi connectivity index (χ4v) is 3.77. The van der Waals surface area contributed by atoms with E-state index < -0.39 is 10.0 Å². The molecule has 2 rings (SSSR count). The minimum atomic E-state index is -3.62. The lowest BCUT2D eigenvalue weighted by molar-refractivity contribution is 0.0942. The number of hydrogen-bond acceptors (Lipinski definition) is 5. The van der Waals surface area contributed by atoms with Gasteiger partial charge in [-0.25, -0.2) is 13.1 Å². The van der Waals surface area contributed by atoms with E-state index in [0.29, 0.717) is 12.1 Å². The quantitative estimate of drug-likeness (QED) is 0.579. The number of amides is 1. The molecule has 0 bridgehead atoms. The lowest BCUT2D eigenvalue weighted by Crippen LogP contribution is -2.34. The van der Waals surface area contributed by atoms with Crippen LogP contribution in [0.4, 0.5) is 0 Å². The van der Waals surface area contributed by atoms with E-state index in [4.69, 9.17) is 4.74 Å². The zero-order valence-electron chi connectivity index (χ0n) is 16.9. The van der Waals surface area contributed by atoms with Gasteiger partial charge in [0.1, 0.15) is 5.75 Å². The minimum Gasteiger partial charge on any atom is -0.497 e. The third-order valence-corrected chi connectivity index (χ3v) is 5.84. The molecule has 1 unspecified atom stereocenters. The molecule has 2 aromatic rings. The lowest BCUT2D eigenvalue weighted by Gasteiger charge is -2.25. The van der Waals surface area contributed by atoms with Crippen LogP contribution in [0.25, 0.3) is 0 Å². The van der Waals surface area contributed by atoms with Gasteiger partial charge < -0.3 is 15.0 Å². The third-order valence-electron chi connectivity index (χ3n) is 4.40. The second-order valence-corrected chi connectivity index (χ2v) is 8.40. The van der Waals surface area contributed by atoms with Crippen molar-refractivity contribution in [2.45, 2.75) is 10.9 Å². The highest BCUT2D eigenvalue weighted by Crippen LogP contribution is 2.22. The average Bonchev–Trinajstić information content (AvgIpc) is 2.72. The van der Waals surface area contributed by atoms with Crippen molar-refractivity contribution >= 4 is 15.9 Å². The van der Waals surface area contributed by atoms with Crippen molar-refractivity contribution in [1.82, 2.24) is 14.9 Å². The summed E-state index contributed by atoms with van der Waals surface area (Å²) in [6.07, 6.45) is 1.46. The number of likely N-dealkylation sites (N-methyl/N-ethyl adjacent to an activating group) is 1. The Bertz CT molecular complexity index is 941. The number of carbonyl (C=O) groups excluding carboxylic acids is 1. The van der Waals surface area contributed by atoms with Gasteiger partial charge in [0.15, 0.2) is 0 Å². The predicted molar refractivity (Wildman–Crippen MR) is 114 cm³/mol. The largest absolute Gasteiger partial charge is 0.497 e. The Hall–Kier alpha value is -2.68. The zero-order chi connectivity index (χ0) is 21.4. The van der Waals surface area contributed by atoms with E-state index in [1.165, 1.54) is 30.3 Å². The summed E-state index contributed by atoms with van der Waals surface area (Å²) in [5.74, 6) is 0.477. The van der Waals surface area contributed by atoms with Crippen molar-refractivity contribution in [1.29, 1.82) is 0 Å². The molecule has 0 fully saturated rings. The molecule has 29 heavy (non-hydrogen) atoms. The first-order chi connectivity index (χ1) is 13.8. The van der Waals surface area contributed by atoms with Gasteiger partial charge in [0.2, 0.25) is 10.0 Å². The van der Waals surface area contributed by atoms with Crippen LogP contribution in [-0.2, 0) is 10.0 Å². The van der Waals surface area contributed by atoms with E-state index >= 15 is 0 Å². The summed E-state index contributed by atoms with van der Waals surface area (Å²) in [7, 11) is 1.87. The number of nitrogens with zero attached hydrogens (tertiary/aromatic N) is 1. The summed E-state index contributed by atoms with van der Waals surface area (Å²) in [6, 6.07) is 13.5. The van der Waals surface area contributed by atoms with Crippen LogP contribution in [0, 0.1) is 0 Å². The smallest absolute Gasteiger partial charge is 0.251 e. The zero-order valence-corrected chi connectivity index (χ0v) is 17.7. The van der Waals surface area contributed by atoms with Crippen molar-refractivity contribution in [2.24, 2.45) is 0 Å². The normalized spacial score (nSPS) is 12.4. The van der Waals surface area contributed by atoms with E-state index in [9.17, 15) is 13.2 Å². The first-order valence-corrected chi connectivity index (χ1v) is 10.6. The molecule has 7 nitrogen and oxygen atoms in total. The number of sulfonamides is 1. The summed E-state index contributed by atoms with van der Waals surface area (Å²) in [5.41, 5.74) is 1.40. The van der Waals surface area contributed by atoms with Gasteiger partial charge in [0.25, 0.3) is 5.91 Å². The molecule has 0 aliphatic rings. The van der Waals surface area contributed by atoms with Crippen LogP contribution in [0.15, 0.2) is 66.1 Å². The van der Waals surface area contributed by atoms with Crippen LogP contribution < -0.4 is 14.8 Å². The van der Waals surface area contributed by atoms with Crippen LogP contribution in [0.1, 0.15) is 22.0 Å². The number of hydrogen-bond donors (Lipinski definition) is 2. The number of nitrogens with one attached hydrogen (secondary N) is 2. The first-order valence-electron chi connectivity index (χ1n) is 9.07. The highest BCUT2D eigenvalue weighted by Gasteiger charge is 2.18. The molecule has 2 aromatic carbocycles. The number of methoxy groups -OCH3 is 1. The highest BCUT2D eigenvalue weighted by atomic mass is 32.2. The SMILES string of the molecule is C=CCNS(=O)(=O)c1ccc(C(=O)NCC(c2cccc(OC)c2)N(C)C)cc1. The Labute approximate surface area is 172 Å². The Kier molecular flexibility index (Phi) is 7.95. The van der Waals surface area contributed by atoms with E-state index in [1.54, 1.807) is 7.11 Å². The van der Waals surface area contributed by atoms with Crippen molar-refractivity contribution in [3.05, 3.63) is 72.3 Å². The van der Waals surface area contributed by atoms with Crippen LogP contribution in [0.2, 0.25) is 0 Å². The standard InChI is InChI=1S/C21H27N3O4S/c1-5-13-23-29(26,27)19-11-9-16(10-12-19)21(25)22-15-20(24(2)3)17-7-6-8-18(14-17)28-4/h5-12,14,20,23H,1,13,15H2,2-4H3,(H,22,25). The van der Waals surface area contributed by atoms with Gasteiger partial charge in [-0.2, -0.15) is 0 Å². The van der Waals surface area contributed by atoms with Crippen LogP contribution >= 0.6 is 0 Å². The molecular weight excluding hydrogens is 390 g/mol. The summed E-state index contributed by atoms with van der Waals surface area (Å²) < 4.78 is 31.9. The van der Waals surface area contributed by atoms with Gasteiger partial charge in [-0.1, -0.05) is 18.2 Å². The molecule has 0 aliphatic heterocycles. The molecule has 0 aliphatic carbocycles. The number of benzene rings is 2. The van der Waals surface area contributed by atoms with Gasteiger partial charge in [-0.15, -0.1) is 6.58 Å². The second-order valence-electron chi connectivity index (χ2n) is 6.63. The summed E-state index contributed by atoms with van der Waals surface area (Å²) >= 11 is 0. The fourth-order valence-electron chi connectivity index (χ4n) is 2.78. The van der Waals surface area contributed by atoms with Crippen molar-refractivity contribution in [3.8, 4) is 5.75 Å². The molecule has 0 spiro atoms. The summed E-state index contributed by atoms with van der Waals surface area (Å²) in [5, 5.41) is 2.91. The minimum absolute atomic E-state index is 0.0446. The van der Waals surface area contributed by atoms with Crippen molar-refractivity contribution in [2.75, 3.05) is 34.3 Å². The van der Waals surface area contributed by atoms with Crippen molar-refractivity contribution < 1.29 is 17.9 Å². The Balaban J connectivity index is 2.07. The Morgan fingerprint density at radius 3 is 2.48 bits per heavy atom. The lowest BCUT2D eigenvalue weighted by atomic mass is 10.1. The van der Waals surface area contributed by atoms with Crippen LogP contribution in [0.3, 0.4) is 0 Å². The first kappa shape index (κ1) is 22.6.